The molecule has 0 saturated carbocycles. The fourth-order valence-electron chi connectivity index (χ4n) is 2.86. The lowest BCUT2D eigenvalue weighted by molar-refractivity contribution is -0.144. The third kappa shape index (κ3) is 4.89. The molecule has 146 valence electrons. The molecule has 1 amide bonds. The van der Waals surface area contributed by atoms with Gasteiger partial charge in [0, 0.05) is 32.2 Å². The Kier molecular flexibility index (Phi) is 6.15. The zero-order valence-electron chi connectivity index (χ0n) is 16.4. The summed E-state index contributed by atoms with van der Waals surface area (Å²) in [6.07, 6.45) is -0.302. The Bertz CT molecular complexity index is 627. The highest BCUT2D eigenvalue weighted by molar-refractivity contribution is 5.77. The van der Waals surface area contributed by atoms with Gasteiger partial charge in [-0.3, -0.25) is 4.79 Å². The van der Waals surface area contributed by atoms with Crippen molar-refractivity contribution in [3.8, 4) is 0 Å². The molecular weight excluding hydrogens is 338 g/mol. The van der Waals surface area contributed by atoms with Gasteiger partial charge in [0.2, 0.25) is 0 Å². The van der Waals surface area contributed by atoms with Crippen LogP contribution in [-0.2, 0) is 14.3 Å². The Labute approximate surface area is 154 Å². The van der Waals surface area contributed by atoms with E-state index in [4.69, 9.17) is 14.0 Å². The van der Waals surface area contributed by atoms with Gasteiger partial charge in [-0.25, -0.2) is 4.79 Å². The zero-order chi connectivity index (χ0) is 19.5. The lowest BCUT2D eigenvalue weighted by Gasteiger charge is -2.35. The first-order valence-corrected chi connectivity index (χ1v) is 8.89. The Morgan fingerprint density at radius 3 is 2.31 bits per heavy atom. The van der Waals surface area contributed by atoms with Crippen molar-refractivity contribution >= 4 is 17.9 Å². The van der Waals surface area contributed by atoms with Crippen molar-refractivity contribution in [3.63, 3.8) is 0 Å². The Hall–Kier alpha value is -2.25. The summed E-state index contributed by atoms with van der Waals surface area (Å²) in [5, 5.41) is 4.10. The molecule has 2 rings (SSSR count). The predicted octanol–water partition coefficient (Wildman–Crippen LogP) is 2.64. The highest BCUT2D eigenvalue weighted by Gasteiger charge is 2.31. The number of aromatic nitrogens is 1. The first kappa shape index (κ1) is 20.1. The molecule has 2 heterocycles. The number of anilines is 1. The maximum absolute atomic E-state index is 12.1. The van der Waals surface area contributed by atoms with E-state index in [1.54, 1.807) is 11.0 Å². The molecule has 1 saturated heterocycles. The van der Waals surface area contributed by atoms with Gasteiger partial charge in [0.25, 0.3) is 0 Å². The van der Waals surface area contributed by atoms with Crippen LogP contribution in [0, 0.1) is 5.92 Å². The molecule has 26 heavy (non-hydrogen) atoms. The minimum absolute atomic E-state index is 0.0345. The molecule has 1 fully saturated rings. The van der Waals surface area contributed by atoms with E-state index in [-0.39, 0.29) is 18.0 Å². The van der Waals surface area contributed by atoms with E-state index in [9.17, 15) is 9.59 Å². The van der Waals surface area contributed by atoms with Gasteiger partial charge in [0.1, 0.15) is 11.5 Å². The largest absolute Gasteiger partial charge is 0.468 e. The number of piperazine rings is 1. The summed E-state index contributed by atoms with van der Waals surface area (Å²) in [5.74, 6) is 0.379. The number of methoxy groups -OCH3 is 1. The van der Waals surface area contributed by atoms with Crippen LogP contribution in [0.15, 0.2) is 10.6 Å². The van der Waals surface area contributed by atoms with Crippen LogP contribution in [0.2, 0.25) is 0 Å². The number of esters is 1. The smallest absolute Gasteiger partial charge is 0.410 e. The molecule has 0 bridgehead atoms. The number of hydrogen-bond donors (Lipinski definition) is 0. The van der Waals surface area contributed by atoms with E-state index >= 15 is 0 Å². The lowest BCUT2D eigenvalue weighted by Crippen LogP contribution is -2.50. The molecule has 0 N–H and O–H groups in total. The van der Waals surface area contributed by atoms with Crippen molar-refractivity contribution in [2.24, 2.45) is 5.92 Å². The number of nitrogens with zero attached hydrogens (tertiary/aromatic N) is 3. The van der Waals surface area contributed by atoms with Crippen LogP contribution in [0.4, 0.5) is 10.6 Å². The maximum Gasteiger partial charge on any atom is 0.410 e. The van der Waals surface area contributed by atoms with E-state index in [0.717, 1.165) is 0 Å². The van der Waals surface area contributed by atoms with Gasteiger partial charge in [-0.1, -0.05) is 19.0 Å². The van der Waals surface area contributed by atoms with Gasteiger partial charge in [0.05, 0.1) is 7.11 Å². The second-order valence-corrected chi connectivity index (χ2v) is 7.79. The second-order valence-electron chi connectivity index (χ2n) is 7.79. The second kappa shape index (κ2) is 7.97. The molecule has 0 radical (unpaired) electrons. The lowest BCUT2D eigenvalue weighted by atomic mass is 9.93. The fourth-order valence-corrected chi connectivity index (χ4v) is 2.86. The highest BCUT2D eigenvalue weighted by atomic mass is 16.6. The van der Waals surface area contributed by atoms with Crippen molar-refractivity contribution in [2.75, 3.05) is 38.2 Å². The summed E-state index contributed by atoms with van der Waals surface area (Å²) in [6, 6.07) is 1.78. The molecule has 0 aromatic carbocycles. The number of ether oxygens (including phenoxy) is 2. The molecule has 1 atom stereocenters. The minimum atomic E-state index is -0.505. The maximum atomic E-state index is 12.1. The zero-order valence-corrected chi connectivity index (χ0v) is 16.4. The van der Waals surface area contributed by atoms with Crippen molar-refractivity contribution < 1.29 is 23.6 Å². The molecule has 1 aromatic rings. The molecule has 1 aromatic heterocycles. The predicted molar refractivity (Wildman–Crippen MR) is 96.1 cm³/mol. The average molecular weight is 367 g/mol. The monoisotopic (exact) mass is 367 g/mol. The van der Waals surface area contributed by atoms with Gasteiger partial charge in [-0.15, -0.1) is 0 Å². The van der Waals surface area contributed by atoms with Gasteiger partial charge < -0.3 is 23.8 Å². The molecule has 0 aliphatic carbocycles. The highest BCUT2D eigenvalue weighted by Crippen LogP contribution is 2.29. The van der Waals surface area contributed by atoms with Crippen molar-refractivity contribution in [3.05, 3.63) is 11.8 Å². The van der Waals surface area contributed by atoms with Gasteiger partial charge >= 0.3 is 12.1 Å². The normalized spacial score (nSPS) is 16.6. The standard InChI is InChI=1S/C18H29N3O5/c1-12(2)15(16(22)24-6)13-11-14(19-26-13)20-7-9-21(10-8-20)17(23)25-18(3,4)5/h11-12,15H,7-10H2,1-6H3. The van der Waals surface area contributed by atoms with Crippen molar-refractivity contribution in [2.45, 2.75) is 46.1 Å². The number of rotatable bonds is 4. The van der Waals surface area contributed by atoms with Crippen LogP contribution in [-0.4, -0.2) is 61.0 Å². The average Bonchev–Trinajstić information content (AvgIpc) is 3.02. The van der Waals surface area contributed by atoms with E-state index in [2.05, 4.69) is 5.16 Å². The molecule has 1 aliphatic rings. The van der Waals surface area contributed by atoms with Crippen LogP contribution in [0.1, 0.15) is 46.3 Å². The van der Waals surface area contributed by atoms with E-state index in [0.29, 0.717) is 37.8 Å². The molecule has 0 spiro atoms. The molecular formula is C18H29N3O5. The summed E-state index contributed by atoms with van der Waals surface area (Å²) in [5.41, 5.74) is -0.505. The van der Waals surface area contributed by atoms with Crippen LogP contribution in [0.25, 0.3) is 0 Å². The number of carbonyl (C=O) groups is 2. The third-order valence-corrected chi connectivity index (χ3v) is 4.20. The van der Waals surface area contributed by atoms with Gasteiger partial charge in [-0.2, -0.15) is 0 Å². The SMILES string of the molecule is COC(=O)C(c1cc(N2CCN(C(=O)OC(C)(C)C)CC2)no1)C(C)C. The molecule has 8 heteroatoms. The number of carbonyl (C=O) groups excluding carboxylic acids is 2. The summed E-state index contributed by atoms with van der Waals surface area (Å²) < 4.78 is 15.7. The van der Waals surface area contributed by atoms with E-state index in [1.807, 2.05) is 39.5 Å². The van der Waals surface area contributed by atoms with Crippen LogP contribution in [0.3, 0.4) is 0 Å². The Morgan fingerprint density at radius 1 is 1.19 bits per heavy atom. The first-order valence-electron chi connectivity index (χ1n) is 8.89. The van der Waals surface area contributed by atoms with Gasteiger partial charge in [-0.05, 0) is 26.7 Å². The van der Waals surface area contributed by atoms with E-state index < -0.39 is 11.5 Å². The molecule has 8 nitrogen and oxygen atoms in total. The third-order valence-electron chi connectivity index (χ3n) is 4.20. The van der Waals surface area contributed by atoms with Crippen LogP contribution < -0.4 is 4.90 Å². The molecule has 1 aliphatic heterocycles. The Balaban J connectivity index is 1.99. The summed E-state index contributed by atoms with van der Waals surface area (Å²) in [7, 11) is 1.37. The fraction of sp³-hybridized carbons (Fsp3) is 0.722. The number of hydrogen-bond acceptors (Lipinski definition) is 7. The Morgan fingerprint density at radius 2 is 1.81 bits per heavy atom. The van der Waals surface area contributed by atoms with Crippen molar-refractivity contribution in [1.82, 2.24) is 10.1 Å². The first-order chi connectivity index (χ1) is 12.1. The van der Waals surface area contributed by atoms with Crippen LogP contribution in [0.5, 0.6) is 0 Å². The van der Waals surface area contributed by atoms with Crippen LogP contribution >= 0.6 is 0 Å². The minimum Gasteiger partial charge on any atom is -0.468 e. The summed E-state index contributed by atoms with van der Waals surface area (Å²) >= 11 is 0. The topological polar surface area (TPSA) is 85.1 Å². The van der Waals surface area contributed by atoms with Crippen molar-refractivity contribution in [1.29, 1.82) is 0 Å². The molecule has 1 unspecified atom stereocenters. The summed E-state index contributed by atoms with van der Waals surface area (Å²) in [4.78, 5) is 27.8. The van der Waals surface area contributed by atoms with E-state index in [1.165, 1.54) is 7.11 Å². The van der Waals surface area contributed by atoms with Gasteiger partial charge in [0.15, 0.2) is 11.6 Å². The quantitative estimate of drug-likeness (QED) is 0.756. The summed E-state index contributed by atoms with van der Waals surface area (Å²) in [6.45, 7) is 11.8. The number of amides is 1.